The van der Waals surface area contributed by atoms with Crippen molar-refractivity contribution in [1.29, 1.82) is 5.26 Å². The molecule has 1 aliphatic rings. The highest BCUT2D eigenvalue weighted by atomic mass is 16.5. The van der Waals surface area contributed by atoms with Crippen LogP contribution in [-0.2, 0) is 9.59 Å². The number of aromatic nitrogens is 1. The Morgan fingerprint density at radius 1 is 1.34 bits per heavy atom. The molecule has 2 amide bonds. The quantitative estimate of drug-likeness (QED) is 0.547. The van der Waals surface area contributed by atoms with E-state index >= 15 is 0 Å². The summed E-state index contributed by atoms with van der Waals surface area (Å²) in [5, 5.41) is 15.8. The summed E-state index contributed by atoms with van der Waals surface area (Å²) in [7, 11) is 1.57. The maximum atomic E-state index is 13.1. The first kappa shape index (κ1) is 23.3. The van der Waals surface area contributed by atoms with E-state index < -0.39 is 17.4 Å². The van der Waals surface area contributed by atoms with Gasteiger partial charge in [-0.25, -0.2) is 0 Å². The third-order valence-electron chi connectivity index (χ3n) is 6.05. The predicted molar refractivity (Wildman–Crippen MR) is 120 cm³/mol. The number of amides is 2. The summed E-state index contributed by atoms with van der Waals surface area (Å²) in [6, 6.07) is 8.56. The van der Waals surface area contributed by atoms with Crippen LogP contribution in [0.15, 0.2) is 24.3 Å². The van der Waals surface area contributed by atoms with Crippen molar-refractivity contribution in [2.75, 3.05) is 13.7 Å². The number of aromatic amines is 1. The molecule has 0 unspecified atom stereocenters. The number of benzene rings is 1. The van der Waals surface area contributed by atoms with Crippen molar-refractivity contribution in [2.24, 2.45) is 17.3 Å². The van der Waals surface area contributed by atoms with Crippen molar-refractivity contribution < 1.29 is 19.1 Å². The number of ether oxygens (including phenoxy) is 1. The second-order valence-electron chi connectivity index (χ2n) is 9.35. The van der Waals surface area contributed by atoms with E-state index in [0.717, 1.165) is 10.9 Å². The number of H-pyrrole nitrogens is 1. The van der Waals surface area contributed by atoms with Gasteiger partial charge in [-0.3, -0.25) is 14.4 Å². The van der Waals surface area contributed by atoms with Gasteiger partial charge in [-0.05, 0) is 36.5 Å². The van der Waals surface area contributed by atoms with Crippen molar-refractivity contribution in [1.82, 2.24) is 15.6 Å². The van der Waals surface area contributed by atoms with E-state index in [0.29, 0.717) is 24.4 Å². The molecule has 3 rings (SSSR count). The average molecular weight is 439 g/mol. The number of nitrogens with one attached hydrogen (secondary N) is 3. The first-order valence-corrected chi connectivity index (χ1v) is 10.8. The van der Waals surface area contributed by atoms with E-state index in [1.807, 2.05) is 39.0 Å². The Kier molecular flexibility index (Phi) is 6.87. The zero-order valence-electron chi connectivity index (χ0n) is 19.0. The maximum absolute atomic E-state index is 13.1. The Labute approximate surface area is 187 Å². The molecule has 8 heteroatoms. The molecule has 0 radical (unpaired) electrons. The van der Waals surface area contributed by atoms with Crippen LogP contribution in [0.5, 0.6) is 5.75 Å². The number of nitriles is 1. The lowest BCUT2D eigenvalue weighted by Gasteiger charge is -2.30. The van der Waals surface area contributed by atoms with Gasteiger partial charge in [0.1, 0.15) is 11.8 Å². The van der Waals surface area contributed by atoms with Gasteiger partial charge in [-0.15, -0.1) is 0 Å². The summed E-state index contributed by atoms with van der Waals surface area (Å²) in [5.41, 5.74) is 0.684. The Balaban J connectivity index is 1.74. The van der Waals surface area contributed by atoms with Crippen molar-refractivity contribution >= 4 is 28.5 Å². The Hall–Kier alpha value is -3.34. The fraction of sp³-hybridized carbons (Fsp3) is 0.500. The van der Waals surface area contributed by atoms with E-state index in [-0.39, 0.29) is 36.4 Å². The molecule has 1 aromatic carbocycles. The molecular formula is C24H30N4O4. The number of carbonyl (C=O) groups is 3. The number of hydrogen-bond donors (Lipinski definition) is 3. The van der Waals surface area contributed by atoms with Crippen molar-refractivity contribution in [3.63, 3.8) is 0 Å². The van der Waals surface area contributed by atoms with Gasteiger partial charge in [-0.2, -0.15) is 5.26 Å². The second-order valence-corrected chi connectivity index (χ2v) is 9.35. The Morgan fingerprint density at radius 3 is 2.69 bits per heavy atom. The number of rotatable bonds is 8. The number of methoxy groups -OCH3 is 1. The fourth-order valence-electron chi connectivity index (χ4n) is 4.11. The lowest BCUT2D eigenvalue weighted by molar-refractivity contribution is -0.129. The molecule has 1 aromatic heterocycles. The first-order valence-electron chi connectivity index (χ1n) is 10.8. The van der Waals surface area contributed by atoms with Gasteiger partial charge < -0.3 is 20.4 Å². The molecule has 3 atom stereocenters. The minimum absolute atomic E-state index is 0.00741. The molecule has 8 nitrogen and oxygen atoms in total. The van der Waals surface area contributed by atoms with Gasteiger partial charge >= 0.3 is 0 Å². The standard InChI is InChI=1S/C24H30N4O4/c1-24(2,3)17(23(31)27-15(13-25)10-14-8-9-26-22(14)30)12-20(29)19-11-16-18(28-19)6-5-7-21(16)32-4/h5-7,11,14-15,17,28H,8-10,12H2,1-4H3,(H,26,30)(H,27,31)/t14-,15-,17+/m0/s1. The summed E-state index contributed by atoms with van der Waals surface area (Å²) in [6.45, 7) is 6.27. The molecule has 32 heavy (non-hydrogen) atoms. The monoisotopic (exact) mass is 438 g/mol. The maximum Gasteiger partial charge on any atom is 0.225 e. The SMILES string of the molecule is COc1cccc2[nH]c(C(=O)C[C@H](C(=O)N[C@H](C#N)C[C@@H]3CCNC3=O)C(C)(C)C)cc12. The third-order valence-corrected chi connectivity index (χ3v) is 6.05. The Bertz CT molecular complexity index is 1060. The van der Waals surface area contributed by atoms with E-state index in [1.54, 1.807) is 13.2 Å². The van der Waals surface area contributed by atoms with E-state index in [9.17, 15) is 19.6 Å². The zero-order valence-corrected chi connectivity index (χ0v) is 19.0. The zero-order chi connectivity index (χ0) is 23.5. The van der Waals surface area contributed by atoms with Crippen molar-refractivity contribution in [3.05, 3.63) is 30.0 Å². The van der Waals surface area contributed by atoms with Crippen LogP contribution in [0.1, 0.15) is 50.5 Å². The second kappa shape index (κ2) is 9.43. The molecule has 0 saturated carbocycles. The van der Waals surface area contributed by atoms with Gasteiger partial charge in [0.2, 0.25) is 11.8 Å². The topological polar surface area (TPSA) is 124 Å². The number of carbonyl (C=O) groups excluding carboxylic acids is 3. The van der Waals surface area contributed by atoms with Crippen LogP contribution in [-0.4, -0.2) is 42.3 Å². The molecule has 0 aliphatic carbocycles. The summed E-state index contributed by atoms with van der Waals surface area (Å²) >= 11 is 0. The molecular weight excluding hydrogens is 408 g/mol. The summed E-state index contributed by atoms with van der Waals surface area (Å²) in [6.07, 6.45) is 0.908. The molecule has 1 aliphatic heterocycles. The normalized spacial score (nSPS) is 18.0. The average Bonchev–Trinajstić information content (AvgIpc) is 3.36. The van der Waals surface area contributed by atoms with Crippen LogP contribution >= 0.6 is 0 Å². The highest BCUT2D eigenvalue weighted by molar-refractivity contribution is 6.02. The number of Topliss-reactive ketones (excluding diaryl/α,β-unsaturated/α-hetero) is 1. The lowest BCUT2D eigenvalue weighted by atomic mass is 9.76. The highest BCUT2D eigenvalue weighted by Gasteiger charge is 2.36. The van der Waals surface area contributed by atoms with Crippen LogP contribution in [0.2, 0.25) is 0 Å². The van der Waals surface area contributed by atoms with Crippen molar-refractivity contribution in [3.8, 4) is 11.8 Å². The predicted octanol–water partition coefficient (Wildman–Crippen LogP) is 2.95. The molecule has 170 valence electrons. The lowest BCUT2D eigenvalue weighted by Crippen LogP contribution is -2.44. The van der Waals surface area contributed by atoms with E-state index in [1.165, 1.54) is 0 Å². The summed E-state index contributed by atoms with van der Waals surface area (Å²) < 4.78 is 5.36. The molecule has 2 aromatic rings. The van der Waals surface area contributed by atoms with Gasteiger partial charge in [-0.1, -0.05) is 26.8 Å². The van der Waals surface area contributed by atoms with Crippen LogP contribution in [0.25, 0.3) is 10.9 Å². The summed E-state index contributed by atoms with van der Waals surface area (Å²) in [5.74, 6) is -0.897. The minimum atomic E-state index is -0.784. The number of nitrogens with zero attached hydrogens (tertiary/aromatic N) is 1. The molecule has 0 bridgehead atoms. The first-order chi connectivity index (χ1) is 15.1. The molecule has 0 spiro atoms. The molecule has 2 heterocycles. The fourth-order valence-corrected chi connectivity index (χ4v) is 4.11. The third kappa shape index (κ3) is 5.10. The largest absolute Gasteiger partial charge is 0.496 e. The molecule has 1 saturated heterocycles. The summed E-state index contributed by atoms with van der Waals surface area (Å²) in [4.78, 5) is 41.1. The van der Waals surface area contributed by atoms with Crippen LogP contribution in [0, 0.1) is 28.6 Å². The highest BCUT2D eigenvalue weighted by Crippen LogP contribution is 2.32. The van der Waals surface area contributed by atoms with Crippen LogP contribution in [0.3, 0.4) is 0 Å². The molecule has 1 fully saturated rings. The van der Waals surface area contributed by atoms with Gasteiger partial charge in [0.05, 0.1) is 24.8 Å². The van der Waals surface area contributed by atoms with Crippen LogP contribution < -0.4 is 15.4 Å². The van der Waals surface area contributed by atoms with Crippen LogP contribution in [0.4, 0.5) is 0 Å². The van der Waals surface area contributed by atoms with Gasteiger partial charge in [0, 0.05) is 29.8 Å². The minimum Gasteiger partial charge on any atom is -0.496 e. The van der Waals surface area contributed by atoms with Gasteiger partial charge in [0.15, 0.2) is 5.78 Å². The van der Waals surface area contributed by atoms with E-state index in [2.05, 4.69) is 21.7 Å². The number of ketones is 1. The number of fused-ring (bicyclic) bond motifs is 1. The van der Waals surface area contributed by atoms with Crippen molar-refractivity contribution in [2.45, 2.75) is 46.1 Å². The number of hydrogen-bond acceptors (Lipinski definition) is 5. The smallest absolute Gasteiger partial charge is 0.225 e. The molecule has 3 N–H and O–H groups in total. The van der Waals surface area contributed by atoms with E-state index in [4.69, 9.17) is 4.74 Å². The Morgan fingerprint density at radius 2 is 2.09 bits per heavy atom. The van der Waals surface area contributed by atoms with Gasteiger partial charge in [0.25, 0.3) is 0 Å².